The maximum absolute atomic E-state index is 13.7. The van der Waals surface area contributed by atoms with Gasteiger partial charge in [0.05, 0.1) is 0 Å². The molecule has 1 aromatic carbocycles. The lowest BCUT2D eigenvalue weighted by atomic mass is 10.1. The molecule has 2 N–H and O–H groups in total. The van der Waals surface area contributed by atoms with E-state index in [0.29, 0.717) is 5.96 Å². The van der Waals surface area contributed by atoms with Gasteiger partial charge >= 0.3 is 0 Å². The summed E-state index contributed by atoms with van der Waals surface area (Å²) in [6.45, 7) is 3.98. The van der Waals surface area contributed by atoms with Crippen molar-refractivity contribution >= 4 is 11.8 Å². The van der Waals surface area contributed by atoms with Crippen LogP contribution in [-0.2, 0) is 6.54 Å². The summed E-state index contributed by atoms with van der Waals surface area (Å²) in [5.41, 5.74) is 1.29. The molecule has 1 fully saturated rings. The van der Waals surface area contributed by atoms with E-state index in [1.807, 2.05) is 25.1 Å². The van der Waals surface area contributed by atoms with Crippen molar-refractivity contribution in [3.05, 3.63) is 59.3 Å². The van der Waals surface area contributed by atoms with Crippen molar-refractivity contribution in [3.63, 3.8) is 0 Å². The molecule has 0 unspecified atom stereocenters. The molecule has 0 atom stereocenters. The van der Waals surface area contributed by atoms with E-state index in [4.69, 9.17) is 0 Å². The van der Waals surface area contributed by atoms with E-state index in [1.54, 1.807) is 7.05 Å². The molecule has 5 nitrogen and oxygen atoms in total. The highest BCUT2D eigenvalue weighted by molar-refractivity contribution is 5.80. The Hall–Kier alpha value is -2.70. The Labute approximate surface area is 158 Å². The van der Waals surface area contributed by atoms with Gasteiger partial charge in [0.25, 0.3) is 0 Å². The molecule has 2 aromatic rings. The highest BCUT2D eigenvalue weighted by Crippen LogP contribution is 2.18. The number of nitrogens with zero attached hydrogens (tertiary/aromatic N) is 3. The average Bonchev–Trinajstić information content (AvgIpc) is 2.68. The zero-order valence-electron chi connectivity index (χ0n) is 15.7. The minimum Gasteiger partial charge on any atom is -0.356 e. The summed E-state index contributed by atoms with van der Waals surface area (Å²) in [6.07, 6.45) is 1.90. The Bertz CT molecular complexity index is 801. The molecule has 144 valence electrons. The zero-order chi connectivity index (χ0) is 19.2. The Kier molecular flexibility index (Phi) is 6.21. The van der Waals surface area contributed by atoms with E-state index in [2.05, 4.69) is 25.5 Å². The summed E-state index contributed by atoms with van der Waals surface area (Å²) in [6, 6.07) is 9.78. The molecule has 1 aliphatic heterocycles. The lowest BCUT2D eigenvalue weighted by Gasteiger charge is -2.34. The van der Waals surface area contributed by atoms with Crippen molar-refractivity contribution in [2.24, 2.45) is 4.99 Å². The smallest absolute Gasteiger partial charge is 0.191 e. The molecule has 0 aliphatic carbocycles. The lowest BCUT2D eigenvalue weighted by molar-refractivity contribution is 0.459. The van der Waals surface area contributed by atoms with Gasteiger partial charge in [0.15, 0.2) is 5.96 Å². The Morgan fingerprint density at radius 1 is 1.22 bits per heavy atom. The number of guanidine groups is 1. The first kappa shape index (κ1) is 19.1. The first-order valence-electron chi connectivity index (χ1n) is 9.15. The first-order chi connectivity index (χ1) is 13.0. The van der Waals surface area contributed by atoms with Crippen LogP contribution in [0.4, 0.5) is 14.6 Å². The van der Waals surface area contributed by atoms with Crippen LogP contribution >= 0.6 is 0 Å². The van der Waals surface area contributed by atoms with E-state index >= 15 is 0 Å². The predicted molar refractivity (Wildman–Crippen MR) is 104 cm³/mol. The second kappa shape index (κ2) is 8.79. The van der Waals surface area contributed by atoms with Crippen LogP contribution in [0.25, 0.3) is 0 Å². The number of hydrogen-bond donors (Lipinski definition) is 2. The van der Waals surface area contributed by atoms with Crippen molar-refractivity contribution < 1.29 is 8.78 Å². The van der Waals surface area contributed by atoms with Gasteiger partial charge in [-0.15, -0.1) is 0 Å². The van der Waals surface area contributed by atoms with Gasteiger partial charge in [-0.2, -0.15) is 0 Å². The lowest BCUT2D eigenvalue weighted by Crippen LogP contribution is -2.48. The Balaban J connectivity index is 1.50. The Morgan fingerprint density at radius 3 is 2.70 bits per heavy atom. The SMILES string of the molecule is CN=C(NCc1cc(F)ccc1F)NC1CCN(c2cccc(C)n2)CC1. The molecule has 0 bridgehead atoms. The summed E-state index contributed by atoms with van der Waals surface area (Å²) in [5.74, 6) is 0.718. The van der Waals surface area contributed by atoms with Crippen molar-refractivity contribution in [3.8, 4) is 0 Å². The maximum Gasteiger partial charge on any atom is 0.191 e. The van der Waals surface area contributed by atoms with Crippen LogP contribution in [-0.4, -0.2) is 37.1 Å². The van der Waals surface area contributed by atoms with E-state index in [-0.39, 0.29) is 18.2 Å². The van der Waals surface area contributed by atoms with Gasteiger partial charge in [-0.1, -0.05) is 6.07 Å². The van der Waals surface area contributed by atoms with Crippen molar-refractivity contribution in [1.29, 1.82) is 0 Å². The first-order valence-corrected chi connectivity index (χ1v) is 9.15. The molecule has 1 aliphatic rings. The number of aryl methyl sites for hydroxylation is 1. The van der Waals surface area contributed by atoms with Crippen molar-refractivity contribution in [2.45, 2.75) is 32.4 Å². The molecule has 3 rings (SSSR count). The van der Waals surface area contributed by atoms with Gasteiger partial charge in [0, 0.05) is 44.0 Å². The Morgan fingerprint density at radius 2 is 2.00 bits per heavy atom. The van der Waals surface area contributed by atoms with E-state index < -0.39 is 11.6 Å². The third-order valence-electron chi connectivity index (χ3n) is 4.71. The van der Waals surface area contributed by atoms with Crippen LogP contribution in [0.15, 0.2) is 41.4 Å². The molecule has 0 amide bonds. The third kappa shape index (κ3) is 5.15. The molecule has 27 heavy (non-hydrogen) atoms. The molecule has 1 aromatic heterocycles. The molecule has 7 heteroatoms. The van der Waals surface area contributed by atoms with Gasteiger partial charge in [0.1, 0.15) is 17.5 Å². The van der Waals surface area contributed by atoms with Gasteiger partial charge in [-0.3, -0.25) is 4.99 Å². The molecule has 0 saturated carbocycles. The highest BCUT2D eigenvalue weighted by atomic mass is 19.1. The van der Waals surface area contributed by atoms with E-state index in [0.717, 1.165) is 49.6 Å². The number of nitrogens with one attached hydrogen (secondary N) is 2. The topological polar surface area (TPSA) is 52.6 Å². The summed E-state index contributed by atoms with van der Waals surface area (Å²) >= 11 is 0. The number of pyridine rings is 1. The second-order valence-electron chi connectivity index (χ2n) is 6.70. The monoisotopic (exact) mass is 373 g/mol. The normalized spacial score (nSPS) is 15.7. The number of halogens is 2. The molecular weight excluding hydrogens is 348 g/mol. The average molecular weight is 373 g/mol. The van der Waals surface area contributed by atoms with Crippen LogP contribution in [0.5, 0.6) is 0 Å². The minimum atomic E-state index is -0.451. The minimum absolute atomic E-state index is 0.176. The highest BCUT2D eigenvalue weighted by Gasteiger charge is 2.21. The molecule has 0 radical (unpaired) electrons. The molecule has 2 heterocycles. The zero-order valence-corrected chi connectivity index (χ0v) is 15.7. The number of hydrogen-bond acceptors (Lipinski definition) is 3. The molecule has 0 spiro atoms. The summed E-state index contributed by atoms with van der Waals surface area (Å²) < 4.78 is 27.0. The standard InChI is InChI=1S/C20H25F2N5/c1-14-4-3-5-19(25-14)27-10-8-17(9-11-27)26-20(23-2)24-13-15-12-16(21)6-7-18(15)22/h3-7,12,17H,8-11,13H2,1-2H3,(H2,23,24,26). The van der Waals surface area contributed by atoms with Gasteiger partial charge in [-0.05, 0) is 50.1 Å². The fourth-order valence-electron chi connectivity index (χ4n) is 3.20. The number of anilines is 1. The largest absolute Gasteiger partial charge is 0.356 e. The van der Waals surface area contributed by atoms with Crippen LogP contribution in [0, 0.1) is 18.6 Å². The summed E-state index contributed by atoms with van der Waals surface area (Å²) in [7, 11) is 1.67. The molecular formula is C20H25F2N5. The number of aromatic nitrogens is 1. The quantitative estimate of drug-likeness (QED) is 0.639. The fourth-order valence-corrected chi connectivity index (χ4v) is 3.20. The van der Waals surface area contributed by atoms with Crippen LogP contribution < -0.4 is 15.5 Å². The number of benzene rings is 1. The maximum atomic E-state index is 13.7. The molecule has 1 saturated heterocycles. The number of rotatable bonds is 4. The van der Waals surface area contributed by atoms with Gasteiger partial charge < -0.3 is 15.5 Å². The van der Waals surface area contributed by atoms with Gasteiger partial charge in [-0.25, -0.2) is 13.8 Å². The second-order valence-corrected chi connectivity index (χ2v) is 6.70. The van der Waals surface area contributed by atoms with Crippen LogP contribution in [0.3, 0.4) is 0 Å². The van der Waals surface area contributed by atoms with E-state index in [9.17, 15) is 8.78 Å². The predicted octanol–water partition coefficient (Wildman–Crippen LogP) is 3.00. The number of aliphatic imine (C=N–C) groups is 1. The van der Waals surface area contributed by atoms with Gasteiger partial charge in [0.2, 0.25) is 0 Å². The third-order valence-corrected chi connectivity index (χ3v) is 4.71. The number of piperidine rings is 1. The summed E-state index contributed by atoms with van der Waals surface area (Å²) in [5, 5.41) is 6.43. The van der Waals surface area contributed by atoms with Crippen molar-refractivity contribution in [2.75, 3.05) is 25.0 Å². The van der Waals surface area contributed by atoms with E-state index in [1.165, 1.54) is 6.07 Å². The van der Waals surface area contributed by atoms with Crippen molar-refractivity contribution in [1.82, 2.24) is 15.6 Å². The summed E-state index contributed by atoms with van der Waals surface area (Å²) in [4.78, 5) is 11.1. The van der Waals surface area contributed by atoms with Crippen LogP contribution in [0.1, 0.15) is 24.1 Å². The van der Waals surface area contributed by atoms with Crippen LogP contribution in [0.2, 0.25) is 0 Å². The fraction of sp³-hybridized carbons (Fsp3) is 0.400.